The molecular formula is C19H24N2O3. The van der Waals surface area contributed by atoms with Crippen molar-refractivity contribution in [3.05, 3.63) is 23.5 Å². The molecule has 0 N–H and O–H groups in total. The quantitative estimate of drug-likeness (QED) is 0.800. The molecule has 1 amide bonds. The number of rotatable bonds is 3. The first-order chi connectivity index (χ1) is 11.7. The summed E-state index contributed by atoms with van der Waals surface area (Å²) in [5.74, 6) is 0.278. The van der Waals surface area contributed by atoms with Gasteiger partial charge in [0, 0.05) is 25.7 Å². The van der Waals surface area contributed by atoms with Gasteiger partial charge in [-0.1, -0.05) is 6.42 Å². The van der Waals surface area contributed by atoms with E-state index in [0.717, 1.165) is 74.9 Å². The Bertz CT molecular complexity index is 648. The van der Waals surface area contributed by atoms with Crippen LogP contribution in [-0.2, 0) is 26.2 Å². The van der Waals surface area contributed by atoms with E-state index >= 15 is 0 Å². The predicted octanol–water partition coefficient (Wildman–Crippen LogP) is 2.41. The van der Waals surface area contributed by atoms with E-state index in [1.807, 2.05) is 17.0 Å². The molecule has 4 rings (SSSR count). The van der Waals surface area contributed by atoms with Crippen LogP contribution in [0.1, 0.15) is 49.9 Å². The smallest absolute Gasteiger partial charge is 0.230 e. The lowest BCUT2D eigenvalue weighted by Gasteiger charge is -2.38. The fraction of sp³-hybridized carbons (Fsp3) is 0.632. The lowest BCUT2D eigenvalue weighted by atomic mass is 9.67. The highest BCUT2D eigenvalue weighted by Crippen LogP contribution is 2.42. The van der Waals surface area contributed by atoms with Gasteiger partial charge in [-0.3, -0.25) is 9.78 Å². The molecule has 1 aromatic heterocycles. The van der Waals surface area contributed by atoms with E-state index in [4.69, 9.17) is 9.72 Å². The zero-order valence-electron chi connectivity index (χ0n) is 14.0. The number of aromatic nitrogens is 1. The van der Waals surface area contributed by atoms with Crippen LogP contribution < -0.4 is 4.90 Å². The number of ether oxygens (including phenoxy) is 1. The van der Waals surface area contributed by atoms with Crippen molar-refractivity contribution in [1.82, 2.24) is 4.98 Å². The van der Waals surface area contributed by atoms with E-state index in [-0.39, 0.29) is 17.2 Å². The number of hydrogen-bond donors (Lipinski definition) is 0. The minimum absolute atomic E-state index is 0.0670. The molecule has 2 aliphatic heterocycles. The monoisotopic (exact) mass is 328 g/mol. The molecule has 2 fully saturated rings. The maximum absolute atomic E-state index is 12.9. The van der Waals surface area contributed by atoms with Crippen LogP contribution in [0.25, 0.3) is 0 Å². The number of amides is 1. The number of pyridine rings is 1. The van der Waals surface area contributed by atoms with Crippen LogP contribution in [0.3, 0.4) is 0 Å². The number of hydrogen-bond acceptors (Lipinski definition) is 4. The molecule has 0 bridgehead atoms. The lowest BCUT2D eigenvalue weighted by Crippen LogP contribution is -2.42. The Morgan fingerprint density at radius 2 is 2.04 bits per heavy atom. The van der Waals surface area contributed by atoms with Crippen LogP contribution in [0, 0.1) is 5.92 Å². The molecule has 3 heterocycles. The van der Waals surface area contributed by atoms with Gasteiger partial charge in [0.2, 0.25) is 5.91 Å². The third-order valence-electron chi connectivity index (χ3n) is 5.85. The highest BCUT2D eigenvalue weighted by atomic mass is 16.5. The van der Waals surface area contributed by atoms with Crippen LogP contribution in [0.5, 0.6) is 0 Å². The fourth-order valence-electron chi connectivity index (χ4n) is 4.11. The standard InChI is InChI=1S/C19H24N2O3/c22-13-19(8-2-9-19)17-5-4-16-15(20-17)3-1-10-21(16)18(23)14-6-11-24-12-7-14/h4-5,13-14H,1-3,6-12H2. The lowest BCUT2D eigenvalue weighted by molar-refractivity contribution is -0.125. The van der Waals surface area contributed by atoms with Gasteiger partial charge in [0.05, 0.1) is 22.5 Å². The van der Waals surface area contributed by atoms with Gasteiger partial charge in [0.1, 0.15) is 6.29 Å². The van der Waals surface area contributed by atoms with E-state index in [0.29, 0.717) is 13.2 Å². The third kappa shape index (κ3) is 2.55. The SMILES string of the molecule is O=CC1(c2ccc3c(n2)CCCN3C(=O)C2CCOCC2)CCC1. The Kier molecular flexibility index (Phi) is 4.12. The predicted molar refractivity (Wildman–Crippen MR) is 90.0 cm³/mol. The fourth-order valence-corrected chi connectivity index (χ4v) is 4.11. The number of aldehydes is 1. The van der Waals surface area contributed by atoms with Crippen molar-refractivity contribution >= 4 is 17.9 Å². The summed E-state index contributed by atoms with van der Waals surface area (Å²) in [5.41, 5.74) is 2.44. The summed E-state index contributed by atoms with van der Waals surface area (Å²) in [6.45, 7) is 2.12. The molecule has 128 valence electrons. The van der Waals surface area contributed by atoms with Crippen LogP contribution in [0.4, 0.5) is 5.69 Å². The summed E-state index contributed by atoms with van der Waals surface area (Å²) in [4.78, 5) is 31.2. The van der Waals surface area contributed by atoms with Crippen LogP contribution in [-0.4, -0.2) is 36.9 Å². The average molecular weight is 328 g/mol. The summed E-state index contributed by atoms with van der Waals surface area (Å²) < 4.78 is 5.37. The average Bonchev–Trinajstić information content (AvgIpc) is 2.61. The Morgan fingerprint density at radius 3 is 2.71 bits per heavy atom. The number of aryl methyl sites for hydroxylation is 1. The number of carbonyl (C=O) groups excluding carboxylic acids is 2. The summed E-state index contributed by atoms with van der Waals surface area (Å²) in [5, 5.41) is 0. The van der Waals surface area contributed by atoms with Crippen molar-refractivity contribution in [2.75, 3.05) is 24.7 Å². The molecule has 0 aromatic carbocycles. The van der Waals surface area contributed by atoms with Crippen LogP contribution in [0.2, 0.25) is 0 Å². The molecule has 5 nitrogen and oxygen atoms in total. The van der Waals surface area contributed by atoms with Gasteiger partial charge in [0.15, 0.2) is 0 Å². The Labute approximate surface area is 142 Å². The van der Waals surface area contributed by atoms with Gasteiger partial charge in [-0.2, -0.15) is 0 Å². The molecule has 3 aliphatic rings. The zero-order chi connectivity index (χ0) is 16.6. The molecular weight excluding hydrogens is 304 g/mol. The van der Waals surface area contributed by atoms with Crippen molar-refractivity contribution in [2.45, 2.75) is 50.4 Å². The van der Waals surface area contributed by atoms with E-state index in [9.17, 15) is 9.59 Å². The molecule has 0 unspecified atom stereocenters. The van der Waals surface area contributed by atoms with Crippen LogP contribution in [0.15, 0.2) is 12.1 Å². The van der Waals surface area contributed by atoms with Gasteiger partial charge >= 0.3 is 0 Å². The highest BCUT2D eigenvalue weighted by molar-refractivity contribution is 5.96. The second kappa shape index (κ2) is 6.28. The summed E-state index contributed by atoms with van der Waals surface area (Å²) >= 11 is 0. The number of nitrogens with zero attached hydrogens (tertiary/aromatic N) is 2. The number of carbonyl (C=O) groups is 2. The maximum Gasteiger partial charge on any atom is 0.230 e. The minimum Gasteiger partial charge on any atom is -0.381 e. The number of fused-ring (bicyclic) bond motifs is 1. The van der Waals surface area contributed by atoms with Crippen LogP contribution >= 0.6 is 0 Å². The number of anilines is 1. The minimum atomic E-state index is -0.373. The van der Waals surface area contributed by atoms with Gasteiger partial charge in [0.25, 0.3) is 0 Å². The van der Waals surface area contributed by atoms with E-state index in [1.165, 1.54) is 0 Å². The zero-order valence-corrected chi connectivity index (χ0v) is 14.0. The highest BCUT2D eigenvalue weighted by Gasteiger charge is 2.40. The Morgan fingerprint density at radius 1 is 1.25 bits per heavy atom. The Balaban J connectivity index is 1.61. The second-order valence-corrected chi connectivity index (χ2v) is 7.27. The first-order valence-electron chi connectivity index (χ1n) is 9.09. The van der Waals surface area contributed by atoms with E-state index in [2.05, 4.69) is 0 Å². The summed E-state index contributed by atoms with van der Waals surface area (Å²) in [7, 11) is 0. The topological polar surface area (TPSA) is 59.5 Å². The molecule has 0 spiro atoms. The molecule has 1 aliphatic carbocycles. The largest absolute Gasteiger partial charge is 0.381 e. The summed E-state index contributed by atoms with van der Waals surface area (Å²) in [6, 6.07) is 3.97. The summed E-state index contributed by atoms with van der Waals surface area (Å²) in [6.07, 6.45) is 7.39. The van der Waals surface area contributed by atoms with Gasteiger partial charge in [-0.05, 0) is 50.7 Å². The van der Waals surface area contributed by atoms with E-state index < -0.39 is 0 Å². The maximum atomic E-state index is 12.9. The second-order valence-electron chi connectivity index (χ2n) is 7.27. The molecule has 0 atom stereocenters. The molecule has 0 radical (unpaired) electrons. The molecule has 5 heteroatoms. The Hall–Kier alpha value is -1.75. The molecule has 24 heavy (non-hydrogen) atoms. The van der Waals surface area contributed by atoms with Crippen molar-refractivity contribution < 1.29 is 14.3 Å². The molecule has 1 saturated carbocycles. The van der Waals surface area contributed by atoms with Crippen molar-refractivity contribution in [1.29, 1.82) is 0 Å². The van der Waals surface area contributed by atoms with Crippen molar-refractivity contribution in [2.24, 2.45) is 5.92 Å². The molecule has 1 saturated heterocycles. The first kappa shape index (κ1) is 15.8. The van der Waals surface area contributed by atoms with Crippen molar-refractivity contribution in [3.8, 4) is 0 Å². The van der Waals surface area contributed by atoms with Gasteiger partial charge in [-0.25, -0.2) is 0 Å². The van der Waals surface area contributed by atoms with Gasteiger partial charge in [-0.15, -0.1) is 0 Å². The normalized spacial score (nSPS) is 23.2. The van der Waals surface area contributed by atoms with E-state index in [1.54, 1.807) is 0 Å². The third-order valence-corrected chi connectivity index (χ3v) is 5.85. The van der Waals surface area contributed by atoms with Crippen molar-refractivity contribution in [3.63, 3.8) is 0 Å². The van der Waals surface area contributed by atoms with Gasteiger partial charge < -0.3 is 14.4 Å². The molecule has 1 aromatic rings. The first-order valence-corrected chi connectivity index (χ1v) is 9.09.